The SMILES string of the molecule is Cc1cnc(C(N)c2ccc(C)s2)c(C)c1. The predicted molar refractivity (Wildman–Crippen MR) is 68.8 cm³/mol. The Bertz CT molecular complexity index is 502. The molecule has 0 aliphatic heterocycles. The van der Waals surface area contributed by atoms with Gasteiger partial charge in [-0.2, -0.15) is 0 Å². The van der Waals surface area contributed by atoms with Gasteiger partial charge in [0.25, 0.3) is 0 Å². The Morgan fingerprint density at radius 1 is 1.25 bits per heavy atom. The van der Waals surface area contributed by atoms with Gasteiger partial charge < -0.3 is 5.73 Å². The standard InChI is InChI=1S/C13H16N2S/c1-8-6-9(2)13(15-7-8)12(14)11-5-4-10(3)16-11/h4-7,12H,14H2,1-3H3. The fourth-order valence-corrected chi connectivity index (χ4v) is 2.69. The molecule has 0 aliphatic rings. The van der Waals surface area contributed by atoms with Gasteiger partial charge in [0.2, 0.25) is 0 Å². The van der Waals surface area contributed by atoms with Crippen molar-refractivity contribution in [2.24, 2.45) is 5.73 Å². The number of rotatable bonds is 2. The van der Waals surface area contributed by atoms with Gasteiger partial charge in [0.05, 0.1) is 11.7 Å². The van der Waals surface area contributed by atoms with Gasteiger partial charge in [0.15, 0.2) is 0 Å². The van der Waals surface area contributed by atoms with E-state index in [4.69, 9.17) is 5.73 Å². The molecule has 0 fully saturated rings. The summed E-state index contributed by atoms with van der Waals surface area (Å²) in [4.78, 5) is 6.91. The first-order chi connectivity index (χ1) is 7.58. The fourth-order valence-electron chi connectivity index (χ4n) is 1.81. The van der Waals surface area contributed by atoms with Crippen LogP contribution in [0, 0.1) is 20.8 Å². The number of pyridine rings is 1. The van der Waals surface area contributed by atoms with Gasteiger partial charge in [0.1, 0.15) is 0 Å². The topological polar surface area (TPSA) is 38.9 Å². The van der Waals surface area contributed by atoms with E-state index in [0.29, 0.717) is 0 Å². The zero-order valence-corrected chi connectivity index (χ0v) is 10.6. The largest absolute Gasteiger partial charge is 0.318 e. The van der Waals surface area contributed by atoms with E-state index in [2.05, 4.69) is 37.0 Å². The van der Waals surface area contributed by atoms with E-state index in [9.17, 15) is 0 Å². The average molecular weight is 232 g/mol. The van der Waals surface area contributed by atoms with Crippen molar-refractivity contribution in [3.63, 3.8) is 0 Å². The molecule has 16 heavy (non-hydrogen) atoms. The van der Waals surface area contributed by atoms with Gasteiger partial charge in [-0.1, -0.05) is 6.07 Å². The lowest BCUT2D eigenvalue weighted by Gasteiger charge is -2.12. The molecule has 0 saturated heterocycles. The minimum Gasteiger partial charge on any atom is -0.318 e. The predicted octanol–water partition coefficient (Wildman–Crippen LogP) is 3.12. The van der Waals surface area contributed by atoms with E-state index in [1.807, 2.05) is 13.1 Å². The van der Waals surface area contributed by atoms with Gasteiger partial charge >= 0.3 is 0 Å². The highest BCUT2D eigenvalue weighted by molar-refractivity contribution is 7.12. The first kappa shape index (κ1) is 11.3. The Hall–Kier alpha value is -1.19. The summed E-state index contributed by atoms with van der Waals surface area (Å²) < 4.78 is 0. The zero-order chi connectivity index (χ0) is 11.7. The lowest BCUT2D eigenvalue weighted by atomic mass is 10.1. The second kappa shape index (κ2) is 4.36. The van der Waals surface area contributed by atoms with Gasteiger partial charge in [0, 0.05) is 16.0 Å². The van der Waals surface area contributed by atoms with Crippen molar-refractivity contribution < 1.29 is 0 Å². The molecular formula is C13H16N2S. The Balaban J connectivity index is 2.37. The number of hydrogen-bond acceptors (Lipinski definition) is 3. The van der Waals surface area contributed by atoms with Crippen LogP contribution in [0.15, 0.2) is 24.4 Å². The molecule has 0 amide bonds. The van der Waals surface area contributed by atoms with Crippen LogP contribution in [-0.2, 0) is 0 Å². The average Bonchev–Trinajstić information content (AvgIpc) is 2.64. The molecule has 2 heterocycles. The van der Waals surface area contributed by atoms with Crippen LogP contribution in [0.4, 0.5) is 0 Å². The van der Waals surface area contributed by atoms with Crippen LogP contribution in [-0.4, -0.2) is 4.98 Å². The summed E-state index contributed by atoms with van der Waals surface area (Å²) in [6, 6.07) is 6.22. The van der Waals surface area contributed by atoms with Crippen LogP contribution in [0.3, 0.4) is 0 Å². The number of thiophene rings is 1. The zero-order valence-electron chi connectivity index (χ0n) is 9.82. The van der Waals surface area contributed by atoms with Crippen molar-refractivity contribution in [1.82, 2.24) is 4.98 Å². The lowest BCUT2D eigenvalue weighted by molar-refractivity contribution is 0.832. The van der Waals surface area contributed by atoms with Crippen LogP contribution >= 0.6 is 11.3 Å². The molecule has 1 atom stereocenters. The summed E-state index contributed by atoms with van der Waals surface area (Å²) >= 11 is 1.74. The summed E-state index contributed by atoms with van der Waals surface area (Å²) in [5, 5.41) is 0. The Morgan fingerprint density at radius 3 is 2.56 bits per heavy atom. The highest BCUT2D eigenvalue weighted by Crippen LogP contribution is 2.26. The quantitative estimate of drug-likeness (QED) is 0.864. The molecule has 3 heteroatoms. The van der Waals surface area contributed by atoms with Crippen LogP contribution in [0.2, 0.25) is 0 Å². The number of aryl methyl sites for hydroxylation is 3. The molecule has 0 radical (unpaired) electrons. The van der Waals surface area contributed by atoms with Crippen molar-refractivity contribution >= 4 is 11.3 Å². The van der Waals surface area contributed by atoms with Crippen LogP contribution in [0.5, 0.6) is 0 Å². The third-order valence-electron chi connectivity index (χ3n) is 2.62. The summed E-state index contributed by atoms with van der Waals surface area (Å²) in [6.07, 6.45) is 1.88. The van der Waals surface area contributed by atoms with Crippen molar-refractivity contribution in [2.75, 3.05) is 0 Å². The maximum Gasteiger partial charge on any atom is 0.0822 e. The summed E-state index contributed by atoms with van der Waals surface area (Å²) in [7, 11) is 0. The van der Waals surface area contributed by atoms with E-state index in [-0.39, 0.29) is 6.04 Å². The Kier molecular flexibility index (Phi) is 3.08. The second-order valence-corrected chi connectivity index (χ2v) is 5.46. The maximum absolute atomic E-state index is 6.23. The van der Waals surface area contributed by atoms with Crippen LogP contribution < -0.4 is 5.73 Å². The van der Waals surface area contributed by atoms with Crippen molar-refractivity contribution in [2.45, 2.75) is 26.8 Å². The smallest absolute Gasteiger partial charge is 0.0822 e. The minimum absolute atomic E-state index is 0.0979. The normalized spacial score (nSPS) is 12.8. The third kappa shape index (κ3) is 2.15. The third-order valence-corrected chi connectivity index (χ3v) is 3.70. The fraction of sp³-hybridized carbons (Fsp3) is 0.308. The molecule has 0 aliphatic carbocycles. The summed E-state index contributed by atoms with van der Waals surface area (Å²) in [5.41, 5.74) is 9.55. The van der Waals surface area contributed by atoms with Crippen LogP contribution in [0.1, 0.15) is 32.6 Å². The highest BCUT2D eigenvalue weighted by atomic mass is 32.1. The van der Waals surface area contributed by atoms with E-state index < -0.39 is 0 Å². The molecule has 0 saturated carbocycles. The minimum atomic E-state index is -0.0979. The molecule has 0 bridgehead atoms. The van der Waals surface area contributed by atoms with Crippen molar-refractivity contribution in [3.8, 4) is 0 Å². The molecule has 2 rings (SSSR count). The van der Waals surface area contributed by atoms with Crippen molar-refractivity contribution in [3.05, 3.63) is 51.0 Å². The second-order valence-electron chi connectivity index (χ2n) is 4.14. The molecule has 0 aromatic carbocycles. The molecule has 2 aromatic heterocycles. The molecule has 1 unspecified atom stereocenters. The van der Waals surface area contributed by atoms with Gasteiger partial charge in [-0.15, -0.1) is 11.3 Å². The number of hydrogen-bond donors (Lipinski definition) is 1. The van der Waals surface area contributed by atoms with E-state index in [1.165, 1.54) is 20.9 Å². The molecule has 0 spiro atoms. The molecular weight excluding hydrogens is 216 g/mol. The van der Waals surface area contributed by atoms with Crippen LogP contribution in [0.25, 0.3) is 0 Å². The number of nitrogens with zero attached hydrogens (tertiary/aromatic N) is 1. The Labute approximate surface area is 100 Å². The van der Waals surface area contributed by atoms with Crippen molar-refractivity contribution in [1.29, 1.82) is 0 Å². The summed E-state index contributed by atoms with van der Waals surface area (Å²) in [5.74, 6) is 0. The van der Waals surface area contributed by atoms with E-state index in [0.717, 1.165) is 5.69 Å². The van der Waals surface area contributed by atoms with E-state index >= 15 is 0 Å². The molecule has 84 valence electrons. The molecule has 2 nitrogen and oxygen atoms in total. The summed E-state index contributed by atoms with van der Waals surface area (Å²) in [6.45, 7) is 6.20. The van der Waals surface area contributed by atoms with Gasteiger partial charge in [-0.25, -0.2) is 0 Å². The molecule has 2 aromatic rings. The van der Waals surface area contributed by atoms with E-state index in [1.54, 1.807) is 11.3 Å². The highest BCUT2D eigenvalue weighted by Gasteiger charge is 2.14. The maximum atomic E-state index is 6.23. The monoisotopic (exact) mass is 232 g/mol. The first-order valence-electron chi connectivity index (χ1n) is 5.33. The first-order valence-corrected chi connectivity index (χ1v) is 6.14. The molecule has 2 N–H and O–H groups in total. The Morgan fingerprint density at radius 2 is 2.00 bits per heavy atom. The number of nitrogens with two attached hydrogens (primary N) is 1. The van der Waals surface area contributed by atoms with Gasteiger partial charge in [-0.05, 0) is 44.0 Å². The van der Waals surface area contributed by atoms with Gasteiger partial charge in [-0.3, -0.25) is 4.98 Å². The number of aromatic nitrogens is 1. The lowest BCUT2D eigenvalue weighted by Crippen LogP contribution is -2.13.